The average Bonchev–Trinajstić information content (AvgIpc) is 2.59. The summed E-state index contributed by atoms with van der Waals surface area (Å²) in [5.74, 6) is -0.337. The Labute approximate surface area is 146 Å². The number of ether oxygens (including phenoxy) is 1. The molecule has 1 N–H and O–H groups in total. The summed E-state index contributed by atoms with van der Waals surface area (Å²) in [4.78, 5) is 25.1. The van der Waals surface area contributed by atoms with E-state index in [0.29, 0.717) is 11.4 Å². The Bertz CT molecular complexity index is 747. The molecule has 2 aromatic rings. The smallest absolute Gasteiger partial charge is 0.260 e. The number of halogens is 1. The fourth-order valence-corrected chi connectivity index (χ4v) is 2.31. The van der Waals surface area contributed by atoms with Crippen molar-refractivity contribution in [3.8, 4) is 5.75 Å². The van der Waals surface area contributed by atoms with E-state index in [4.69, 9.17) is 4.74 Å². The minimum Gasteiger partial charge on any atom is -0.482 e. The van der Waals surface area contributed by atoms with Gasteiger partial charge in [0.05, 0.1) is 11.7 Å². The Hall–Kier alpha value is -2.89. The zero-order valence-electron chi connectivity index (χ0n) is 14.5. The molecule has 0 aliphatic rings. The van der Waals surface area contributed by atoms with Crippen LogP contribution in [-0.2, 0) is 9.59 Å². The first-order valence-electron chi connectivity index (χ1n) is 7.89. The largest absolute Gasteiger partial charge is 0.482 e. The third kappa shape index (κ3) is 5.04. The molecule has 0 saturated heterocycles. The van der Waals surface area contributed by atoms with E-state index < -0.39 is 0 Å². The van der Waals surface area contributed by atoms with E-state index in [0.717, 1.165) is 5.56 Å². The summed E-state index contributed by atoms with van der Waals surface area (Å²) in [6, 6.07) is 12.7. The van der Waals surface area contributed by atoms with Crippen molar-refractivity contribution in [1.82, 2.24) is 4.90 Å². The molecular weight excluding hydrogens is 323 g/mol. The molecule has 0 saturated carbocycles. The number of carbonyl (C=O) groups excluding carboxylic acids is 2. The van der Waals surface area contributed by atoms with Crippen LogP contribution < -0.4 is 10.1 Å². The van der Waals surface area contributed by atoms with Gasteiger partial charge in [-0.1, -0.05) is 24.3 Å². The van der Waals surface area contributed by atoms with Gasteiger partial charge in [0.15, 0.2) is 6.61 Å². The van der Waals surface area contributed by atoms with Crippen LogP contribution in [0.3, 0.4) is 0 Å². The second kappa shape index (κ2) is 8.28. The summed E-state index contributed by atoms with van der Waals surface area (Å²) in [6.45, 7) is 3.09. The summed E-state index contributed by atoms with van der Waals surface area (Å²) in [6.07, 6.45) is 0. The number of nitrogens with one attached hydrogen (secondary N) is 1. The van der Waals surface area contributed by atoms with Gasteiger partial charge in [-0.15, -0.1) is 0 Å². The van der Waals surface area contributed by atoms with Gasteiger partial charge in [-0.25, -0.2) is 4.39 Å². The van der Waals surface area contributed by atoms with E-state index in [-0.39, 0.29) is 30.3 Å². The number of hydrogen-bond donors (Lipinski definition) is 1. The van der Waals surface area contributed by atoms with E-state index in [9.17, 15) is 14.0 Å². The highest BCUT2D eigenvalue weighted by Gasteiger charge is 2.18. The van der Waals surface area contributed by atoms with Crippen molar-refractivity contribution in [3.05, 3.63) is 59.9 Å². The molecule has 1 atom stereocenters. The molecule has 0 spiro atoms. The Balaban J connectivity index is 2.00. The van der Waals surface area contributed by atoms with Crippen molar-refractivity contribution in [2.75, 3.05) is 19.0 Å². The molecule has 0 fully saturated rings. The van der Waals surface area contributed by atoms with Crippen molar-refractivity contribution in [2.24, 2.45) is 0 Å². The molecule has 2 rings (SSSR count). The molecule has 0 bridgehead atoms. The fraction of sp³-hybridized carbons (Fsp3) is 0.263. The highest BCUT2D eigenvalue weighted by molar-refractivity contribution is 5.90. The van der Waals surface area contributed by atoms with Crippen LogP contribution in [0.25, 0.3) is 0 Å². The van der Waals surface area contributed by atoms with Gasteiger partial charge in [-0.2, -0.15) is 0 Å². The van der Waals surface area contributed by atoms with Gasteiger partial charge in [0.25, 0.3) is 5.91 Å². The maximum atomic E-state index is 13.0. The van der Waals surface area contributed by atoms with Gasteiger partial charge in [0.1, 0.15) is 11.6 Å². The first kappa shape index (κ1) is 18.4. The predicted octanol–water partition coefficient (Wildman–Crippen LogP) is 3.38. The van der Waals surface area contributed by atoms with E-state index in [1.807, 2.05) is 6.92 Å². The number of para-hydroxylation sites is 2. The number of nitrogens with zero attached hydrogens (tertiary/aromatic N) is 1. The zero-order chi connectivity index (χ0) is 18.4. The van der Waals surface area contributed by atoms with Gasteiger partial charge < -0.3 is 15.0 Å². The van der Waals surface area contributed by atoms with Crippen LogP contribution >= 0.6 is 0 Å². The number of anilines is 1. The molecule has 5 nitrogen and oxygen atoms in total. The van der Waals surface area contributed by atoms with Crippen LogP contribution in [0.1, 0.15) is 25.5 Å². The van der Waals surface area contributed by atoms with Crippen molar-refractivity contribution in [1.29, 1.82) is 0 Å². The number of rotatable bonds is 6. The third-order valence-corrected chi connectivity index (χ3v) is 3.88. The molecule has 0 aromatic heterocycles. The Morgan fingerprint density at radius 2 is 1.80 bits per heavy atom. The summed E-state index contributed by atoms with van der Waals surface area (Å²) in [7, 11) is 1.67. The average molecular weight is 344 g/mol. The van der Waals surface area contributed by atoms with Crippen LogP contribution in [0.2, 0.25) is 0 Å². The monoisotopic (exact) mass is 344 g/mol. The molecular formula is C19H21FN2O3. The topological polar surface area (TPSA) is 58.6 Å². The van der Waals surface area contributed by atoms with Crippen molar-refractivity contribution in [3.63, 3.8) is 0 Å². The lowest BCUT2D eigenvalue weighted by Crippen LogP contribution is -2.33. The van der Waals surface area contributed by atoms with Gasteiger partial charge >= 0.3 is 0 Å². The van der Waals surface area contributed by atoms with E-state index in [1.165, 1.54) is 24.0 Å². The fourth-order valence-electron chi connectivity index (χ4n) is 2.31. The van der Waals surface area contributed by atoms with Gasteiger partial charge in [0, 0.05) is 14.0 Å². The zero-order valence-corrected chi connectivity index (χ0v) is 14.5. The molecule has 0 radical (unpaired) electrons. The molecule has 0 unspecified atom stereocenters. The lowest BCUT2D eigenvalue weighted by molar-refractivity contribution is -0.134. The highest BCUT2D eigenvalue weighted by Crippen LogP contribution is 2.24. The maximum absolute atomic E-state index is 13.0. The number of likely N-dealkylation sites (N-methyl/N-ethyl adjacent to an activating group) is 1. The van der Waals surface area contributed by atoms with Crippen LogP contribution in [0.5, 0.6) is 5.75 Å². The van der Waals surface area contributed by atoms with Crippen LogP contribution in [0.15, 0.2) is 48.5 Å². The molecule has 2 aromatic carbocycles. The van der Waals surface area contributed by atoms with E-state index in [2.05, 4.69) is 5.32 Å². The quantitative estimate of drug-likeness (QED) is 0.874. The number of benzene rings is 2. The van der Waals surface area contributed by atoms with Crippen molar-refractivity contribution >= 4 is 17.5 Å². The summed E-state index contributed by atoms with van der Waals surface area (Å²) in [5.41, 5.74) is 1.34. The minimum atomic E-state index is -0.317. The second-order valence-electron chi connectivity index (χ2n) is 5.70. The molecule has 0 aliphatic heterocycles. The van der Waals surface area contributed by atoms with Gasteiger partial charge in [-0.3, -0.25) is 9.59 Å². The minimum absolute atomic E-state index is 0.168. The van der Waals surface area contributed by atoms with Crippen molar-refractivity contribution in [2.45, 2.75) is 19.9 Å². The first-order valence-corrected chi connectivity index (χ1v) is 7.89. The van der Waals surface area contributed by atoms with Gasteiger partial charge in [0.2, 0.25) is 5.91 Å². The Kier molecular flexibility index (Phi) is 6.11. The molecule has 0 aliphatic carbocycles. The summed E-state index contributed by atoms with van der Waals surface area (Å²) in [5, 5.41) is 2.66. The third-order valence-electron chi connectivity index (χ3n) is 3.88. The maximum Gasteiger partial charge on any atom is 0.260 e. The number of carbonyl (C=O) groups is 2. The normalized spacial score (nSPS) is 11.5. The van der Waals surface area contributed by atoms with Gasteiger partial charge in [-0.05, 0) is 36.8 Å². The predicted molar refractivity (Wildman–Crippen MR) is 93.8 cm³/mol. The Morgan fingerprint density at radius 3 is 2.44 bits per heavy atom. The van der Waals surface area contributed by atoms with E-state index >= 15 is 0 Å². The number of hydrogen-bond acceptors (Lipinski definition) is 3. The molecule has 132 valence electrons. The summed E-state index contributed by atoms with van der Waals surface area (Å²) < 4.78 is 18.6. The Morgan fingerprint density at radius 1 is 1.16 bits per heavy atom. The molecule has 0 heterocycles. The van der Waals surface area contributed by atoms with Crippen molar-refractivity contribution < 1.29 is 18.7 Å². The van der Waals surface area contributed by atoms with Crippen LogP contribution in [0, 0.1) is 5.82 Å². The highest BCUT2D eigenvalue weighted by atomic mass is 19.1. The standard InChI is InChI=1S/C19H21FN2O3/c1-13(15-8-10-16(20)11-9-15)22(3)19(24)12-25-18-7-5-4-6-17(18)21-14(2)23/h4-11,13H,12H2,1-3H3,(H,21,23)/t13-/m1/s1. The second-order valence-corrected chi connectivity index (χ2v) is 5.70. The lowest BCUT2D eigenvalue weighted by Gasteiger charge is -2.25. The first-order chi connectivity index (χ1) is 11.9. The lowest BCUT2D eigenvalue weighted by atomic mass is 10.1. The number of amides is 2. The SMILES string of the molecule is CC(=O)Nc1ccccc1OCC(=O)N(C)[C@H](C)c1ccc(F)cc1. The molecule has 6 heteroatoms. The summed E-state index contributed by atoms with van der Waals surface area (Å²) >= 11 is 0. The van der Waals surface area contributed by atoms with E-state index in [1.54, 1.807) is 43.4 Å². The molecule has 2 amide bonds. The van der Waals surface area contributed by atoms with Crippen LogP contribution in [-0.4, -0.2) is 30.4 Å². The molecule has 25 heavy (non-hydrogen) atoms. The van der Waals surface area contributed by atoms with Crippen LogP contribution in [0.4, 0.5) is 10.1 Å².